The molecule has 0 fully saturated rings. The summed E-state index contributed by atoms with van der Waals surface area (Å²) in [5.74, 6) is 0.530. The lowest BCUT2D eigenvalue weighted by Gasteiger charge is -2.09. The van der Waals surface area contributed by atoms with E-state index in [9.17, 15) is 9.59 Å². The highest BCUT2D eigenvalue weighted by Gasteiger charge is 2.20. The Kier molecular flexibility index (Phi) is 6.77. The molecule has 7 nitrogen and oxygen atoms in total. The van der Waals surface area contributed by atoms with Gasteiger partial charge in [-0.1, -0.05) is 5.16 Å². The first-order valence-electron chi connectivity index (χ1n) is 9.70. The first kappa shape index (κ1) is 21.8. The predicted octanol–water partition coefficient (Wildman–Crippen LogP) is 4.46. The molecule has 3 aromatic rings. The molecule has 0 radical (unpaired) electrons. The number of carbonyl (C=O) groups excluding carboxylic acids is 2. The fourth-order valence-corrected chi connectivity index (χ4v) is 4.50. The molecule has 158 valence electrons. The Balaban J connectivity index is 1.68. The molecule has 0 unspecified atom stereocenters. The van der Waals surface area contributed by atoms with E-state index < -0.39 is 5.97 Å². The molecule has 0 N–H and O–H groups in total. The average Bonchev–Trinajstić information content (AvgIpc) is 3.21. The average molecular weight is 428 g/mol. The number of ether oxygens (including phenoxy) is 1. The summed E-state index contributed by atoms with van der Waals surface area (Å²) in [5.41, 5.74) is 4.60. The van der Waals surface area contributed by atoms with Crippen molar-refractivity contribution in [2.24, 2.45) is 0 Å². The molecule has 0 aliphatic rings. The number of esters is 1. The summed E-state index contributed by atoms with van der Waals surface area (Å²) < 4.78 is 12.6. The summed E-state index contributed by atoms with van der Waals surface area (Å²) in [4.78, 5) is 29.5. The second kappa shape index (κ2) is 9.30. The number of pyridine rings is 1. The standard InChI is InChI=1S/C22H25N3O4S/c1-6-25-13(2)10-18(15(25)4)20(26)11-28-22(27)17-8-7-9-23-21(17)30-12-19-14(3)24-29-16(19)5/h7-10H,6,11-12H2,1-5H3. The van der Waals surface area contributed by atoms with Gasteiger partial charge in [-0.2, -0.15) is 0 Å². The maximum atomic E-state index is 12.6. The third kappa shape index (κ3) is 4.48. The normalized spacial score (nSPS) is 11.0. The quantitative estimate of drug-likeness (QED) is 0.298. The van der Waals surface area contributed by atoms with Crippen LogP contribution in [0.15, 0.2) is 33.9 Å². The molecule has 0 saturated carbocycles. The summed E-state index contributed by atoms with van der Waals surface area (Å²) >= 11 is 1.40. The molecule has 0 atom stereocenters. The number of nitrogens with zero attached hydrogens (tertiary/aromatic N) is 3. The minimum absolute atomic E-state index is 0.218. The minimum Gasteiger partial charge on any atom is -0.454 e. The summed E-state index contributed by atoms with van der Waals surface area (Å²) in [6.45, 7) is 10.1. The van der Waals surface area contributed by atoms with Crippen LogP contribution in [0.3, 0.4) is 0 Å². The van der Waals surface area contributed by atoms with E-state index in [4.69, 9.17) is 9.26 Å². The Hall–Kier alpha value is -2.87. The first-order valence-corrected chi connectivity index (χ1v) is 10.7. The summed E-state index contributed by atoms with van der Waals surface area (Å²) in [5, 5.41) is 4.49. The fraction of sp³-hybridized carbons (Fsp3) is 0.364. The van der Waals surface area contributed by atoms with Crippen molar-refractivity contribution in [2.45, 2.75) is 51.9 Å². The van der Waals surface area contributed by atoms with E-state index >= 15 is 0 Å². The van der Waals surface area contributed by atoms with Crippen molar-refractivity contribution in [3.63, 3.8) is 0 Å². The summed E-state index contributed by atoms with van der Waals surface area (Å²) in [7, 11) is 0. The number of carbonyl (C=O) groups is 2. The van der Waals surface area contributed by atoms with E-state index in [1.54, 1.807) is 18.3 Å². The minimum atomic E-state index is -0.568. The van der Waals surface area contributed by atoms with Crippen LogP contribution in [0.1, 0.15) is 56.0 Å². The molecule has 30 heavy (non-hydrogen) atoms. The summed E-state index contributed by atoms with van der Waals surface area (Å²) in [6, 6.07) is 5.16. The van der Waals surface area contributed by atoms with Gasteiger partial charge in [0.1, 0.15) is 10.8 Å². The van der Waals surface area contributed by atoms with Gasteiger partial charge in [0.25, 0.3) is 0 Å². The van der Waals surface area contributed by atoms with Gasteiger partial charge in [0, 0.05) is 41.0 Å². The van der Waals surface area contributed by atoms with Crippen LogP contribution in [0.5, 0.6) is 0 Å². The van der Waals surface area contributed by atoms with Gasteiger partial charge in [-0.25, -0.2) is 9.78 Å². The number of aryl methyl sites for hydroxylation is 3. The maximum absolute atomic E-state index is 12.6. The molecule has 0 saturated heterocycles. The Labute approximate surface area is 179 Å². The molecule has 0 amide bonds. The van der Waals surface area contributed by atoms with Crippen molar-refractivity contribution in [3.05, 3.63) is 63.9 Å². The second-order valence-corrected chi connectivity index (χ2v) is 7.94. The van der Waals surface area contributed by atoms with Gasteiger partial charge in [-0.15, -0.1) is 11.8 Å². The topological polar surface area (TPSA) is 87.2 Å². The van der Waals surface area contributed by atoms with Crippen molar-refractivity contribution in [1.82, 2.24) is 14.7 Å². The highest BCUT2D eigenvalue weighted by atomic mass is 32.2. The van der Waals surface area contributed by atoms with Crippen LogP contribution in [0.4, 0.5) is 0 Å². The van der Waals surface area contributed by atoms with Crippen LogP contribution in [0.25, 0.3) is 0 Å². The lowest BCUT2D eigenvalue weighted by atomic mass is 10.1. The van der Waals surface area contributed by atoms with Crippen LogP contribution >= 0.6 is 11.8 Å². The molecular weight excluding hydrogens is 402 g/mol. The monoisotopic (exact) mass is 427 g/mol. The number of ketones is 1. The van der Waals surface area contributed by atoms with Crippen molar-refractivity contribution < 1.29 is 18.8 Å². The SMILES string of the molecule is CCn1c(C)cc(C(=O)COC(=O)c2cccnc2SCc2c(C)noc2C)c1C. The van der Waals surface area contributed by atoms with Gasteiger partial charge in [0.2, 0.25) is 5.78 Å². The highest BCUT2D eigenvalue weighted by molar-refractivity contribution is 7.98. The van der Waals surface area contributed by atoms with Gasteiger partial charge < -0.3 is 13.8 Å². The van der Waals surface area contributed by atoms with Crippen molar-refractivity contribution in [2.75, 3.05) is 6.61 Å². The van der Waals surface area contributed by atoms with E-state index in [0.717, 1.165) is 35.0 Å². The molecule has 0 aliphatic heterocycles. The number of hydrogen-bond acceptors (Lipinski definition) is 7. The largest absolute Gasteiger partial charge is 0.454 e. The van der Waals surface area contributed by atoms with Gasteiger partial charge >= 0.3 is 5.97 Å². The number of aromatic nitrogens is 3. The third-order valence-electron chi connectivity index (χ3n) is 5.05. The van der Waals surface area contributed by atoms with Crippen LogP contribution in [-0.4, -0.2) is 33.1 Å². The van der Waals surface area contributed by atoms with Crippen molar-refractivity contribution in [3.8, 4) is 0 Å². The zero-order valence-corrected chi connectivity index (χ0v) is 18.6. The highest BCUT2D eigenvalue weighted by Crippen LogP contribution is 2.27. The van der Waals surface area contributed by atoms with Gasteiger partial charge in [0.15, 0.2) is 6.61 Å². The lowest BCUT2D eigenvalue weighted by Crippen LogP contribution is -2.16. The molecule has 3 rings (SSSR count). The predicted molar refractivity (Wildman–Crippen MR) is 114 cm³/mol. The molecule has 8 heteroatoms. The molecule has 0 aliphatic carbocycles. The van der Waals surface area contributed by atoms with E-state index in [1.165, 1.54) is 11.8 Å². The molecule has 0 bridgehead atoms. The molecule has 3 aromatic heterocycles. The van der Waals surface area contributed by atoms with E-state index in [1.807, 2.05) is 40.7 Å². The maximum Gasteiger partial charge on any atom is 0.341 e. The molecule has 0 aromatic carbocycles. The van der Waals surface area contributed by atoms with Gasteiger partial charge in [-0.3, -0.25) is 4.79 Å². The van der Waals surface area contributed by atoms with Crippen molar-refractivity contribution in [1.29, 1.82) is 0 Å². The fourth-order valence-electron chi connectivity index (χ4n) is 3.37. The third-order valence-corrected chi connectivity index (χ3v) is 6.08. The van der Waals surface area contributed by atoms with E-state index in [0.29, 0.717) is 21.9 Å². The zero-order valence-electron chi connectivity index (χ0n) is 17.8. The van der Waals surface area contributed by atoms with Gasteiger partial charge in [0.05, 0.1) is 11.3 Å². The smallest absolute Gasteiger partial charge is 0.341 e. The van der Waals surface area contributed by atoms with Crippen LogP contribution in [0.2, 0.25) is 0 Å². The van der Waals surface area contributed by atoms with E-state index in [2.05, 4.69) is 14.7 Å². The molecule has 3 heterocycles. The van der Waals surface area contributed by atoms with Crippen molar-refractivity contribution >= 4 is 23.5 Å². The Bertz CT molecular complexity index is 1060. The number of hydrogen-bond donors (Lipinski definition) is 0. The number of thioether (sulfide) groups is 1. The van der Waals surface area contributed by atoms with Gasteiger partial charge in [-0.05, 0) is 52.8 Å². The summed E-state index contributed by atoms with van der Waals surface area (Å²) in [6.07, 6.45) is 1.62. The molecular formula is C22H25N3O4S. The second-order valence-electron chi connectivity index (χ2n) is 6.98. The Morgan fingerprint density at radius 3 is 2.60 bits per heavy atom. The number of rotatable bonds is 8. The number of Topliss-reactive ketones (excluding diaryl/α,β-unsaturated/α-hetero) is 1. The molecule has 0 spiro atoms. The zero-order chi connectivity index (χ0) is 21.8. The van der Waals surface area contributed by atoms with Crippen LogP contribution in [-0.2, 0) is 17.0 Å². The Morgan fingerprint density at radius 2 is 1.97 bits per heavy atom. The van der Waals surface area contributed by atoms with E-state index in [-0.39, 0.29) is 12.4 Å². The van der Waals surface area contributed by atoms with Crippen LogP contribution < -0.4 is 0 Å². The van der Waals surface area contributed by atoms with Crippen LogP contribution in [0, 0.1) is 27.7 Å². The lowest BCUT2D eigenvalue weighted by molar-refractivity contribution is 0.0470. The first-order chi connectivity index (χ1) is 14.3. The Morgan fingerprint density at radius 1 is 1.20 bits per heavy atom.